The van der Waals surface area contributed by atoms with E-state index in [1.807, 2.05) is 44.2 Å². The smallest absolute Gasteiger partial charge is 0.243 e. The molecule has 0 radical (unpaired) electrons. The van der Waals surface area contributed by atoms with Crippen LogP contribution in [0.4, 0.5) is 0 Å². The minimum atomic E-state index is -3.76. The van der Waals surface area contributed by atoms with E-state index in [0.717, 1.165) is 5.56 Å². The molecule has 0 aromatic heterocycles. The van der Waals surface area contributed by atoms with Gasteiger partial charge in [0.05, 0.1) is 18.1 Å². The summed E-state index contributed by atoms with van der Waals surface area (Å²) >= 11 is 0. The number of ether oxygens (including phenoxy) is 1. The van der Waals surface area contributed by atoms with Crippen LogP contribution in [-0.4, -0.2) is 50.2 Å². The standard InChI is InChI=1S/C21H30N2O4S/c1-16(2)14-23(28(25,26)19-11-9-18(27-3)10-12-19)15-21(24)20(22)13-17-7-5-4-6-8-17/h4-12,16,20-21,24H,13-15,22H2,1-3H3/t20?,21-/m1/s1. The number of benzene rings is 2. The van der Waals surface area contributed by atoms with E-state index in [2.05, 4.69) is 0 Å². The Morgan fingerprint density at radius 1 is 1.04 bits per heavy atom. The predicted molar refractivity (Wildman–Crippen MR) is 111 cm³/mol. The van der Waals surface area contributed by atoms with Gasteiger partial charge < -0.3 is 15.6 Å². The Balaban J connectivity index is 2.17. The quantitative estimate of drug-likeness (QED) is 0.631. The summed E-state index contributed by atoms with van der Waals surface area (Å²) in [6.45, 7) is 4.11. The zero-order chi connectivity index (χ0) is 20.7. The Hall–Kier alpha value is -1.93. The van der Waals surface area contributed by atoms with Crippen molar-refractivity contribution in [1.29, 1.82) is 0 Å². The van der Waals surface area contributed by atoms with Gasteiger partial charge in [0.15, 0.2) is 0 Å². The monoisotopic (exact) mass is 406 g/mol. The van der Waals surface area contributed by atoms with Gasteiger partial charge >= 0.3 is 0 Å². The lowest BCUT2D eigenvalue weighted by atomic mass is 10.0. The average molecular weight is 407 g/mol. The van der Waals surface area contributed by atoms with Crippen molar-refractivity contribution >= 4 is 10.0 Å². The zero-order valence-corrected chi connectivity index (χ0v) is 17.5. The Morgan fingerprint density at radius 3 is 2.18 bits per heavy atom. The van der Waals surface area contributed by atoms with E-state index in [1.165, 1.54) is 23.5 Å². The second-order valence-electron chi connectivity index (χ2n) is 7.31. The third kappa shape index (κ3) is 6.04. The van der Waals surface area contributed by atoms with Crippen LogP contribution in [0.2, 0.25) is 0 Å². The molecule has 2 aromatic carbocycles. The molecule has 0 amide bonds. The minimum Gasteiger partial charge on any atom is -0.497 e. The molecule has 1 unspecified atom stereocenters. The predicted octanol–water partition coefficient (Wildman–Crippen LogP) is 2.27. The second-order valence-corrected chi connectivity index (χ2v) is 9.25. The van der Waals surface area contributed by atoms with Gasteiger partial charge in [-0.3, -0.25) is 0 Å². The molecule has 0 saturated carbocycles. The van der Waals surface area contributed by atoms with Gasteiger partial charge in [0, 0.05) is 19.1 Å². The number of nitrogens with two attached hydrogens (primary N) is 1. The first-order valence-corrected chi connectivity index (χ1v) is 10.8. The van der Waals surface area contributed by atoms with Crippen LogP contribution < -0.4 is 10.5 Å². The molecule has 0 aliphatic rings. The van der Waals surface area contributed by atoms with E-state index >= 15 is 0 Å². The van der Waals surface area contributed by atoms with Crippen molar-refractivity contribution in [3.8, 4) is 5.75 Å². The first-order valence-electron chi connectivity index (χ1n) is 9.35. The molecule has 154 valence electrons. The number of sulfonamides is 1. The molecule has 0 fully saturated rings. The van der Waals surface area contributed by atoms with Crippen molar-refractivity contribution in [2.24, 2.45) is 11.7 Å². The summed E-state index contributed by atoms with van der Waals surface area (Å²) in [4.78, 5) is 0.165. The molecule has 28 heavy (non-hydrogen) atoms. The molecule has 0 aliphatic carbocycles. The number of methoxy groups -OCH3 is 1. The van der Waals surface area contributed by atoms with Crippen LogP contribution in [0.25, 0.3) is 0 Å². The highest BCUT2D eigenvalue weighted by atomic mass is 32.2. The van der Waals surface area contributed by atoms with Crippen LogP contribution in [0.1, 0.15) is 19.4 Å². The van der Waals surface area contributed by atoms with Gasteiger partial charge in [0.2, 0.25) is 10.0 Å². The highest BCUT2D eigenvalue weighted by Gasteiger charge is 2.29. The van der Waals surface area contributed by atoms with E-state index in [1.54, 1.807) is 12.1 Å². The minimum absolute atomic E-state index is 0.0550. The Morgan fingerprint density at radius 2 is 1.64 bits per heavy atom. The van der Waals surface area contributed by atoms with Gasteiger partial charge in [0.25, 0.3) is 0 Å². The fraction of sp³-hybridized carbons (Fsp3) is 0.429. The fourth-order valence-corrected chi connectivity index (χ4v) is 4.56. The van der Waals surface area contributed by atoms with Crippen molar-refractivity contribution in [3.05, 3.63) is 60.2 Å². The fourth-order valence-electron chi connectivity index (χ4n) is 2.94. The van der Waals surface area contributed by atoms with Crippen LogP contribution in [0.5, 0.6) is 5.75 Å². The maximum absolute atomic E-state index is 13.1. The highest BCUT2D eigenvalue weighted by Crippen LogP contribution is 2.21. The number of aliphatic hydroxyl groups excluding tert-OH is 1. The van der Waals surface area contributed by atoms with E-state index in [0.29, 0.717) is 18.7 Å². The second kappa shape index (κ2) is 10.0. The molecule has 0 spiro atoms. The summed E-state index contributed by atoms with van der Waals surface area (Å²) in [5, 5.41) is 10.6. The van der Waals surface area contributed by atoms with E-state index in [9.17, 15) is 13.5 Å². The number of aliphatic hydroxyl groups is 1. The lowest BCUT2D eigenvalue weighted by molar-refractivity contribution is 0.116. The Kier molecular flexibility index (Phi) is 8.00. The molecule has 2 atom stereocenters. The normalized spacial score (nSPS) is 14.2. The van der Waals surface area contributed by atoms with Crippen LogP contribution in [0.3, 0.4) is 0 Å². The number of rotatable bonds is 10. The van der Waals surface area contributed by atoms with Crippen LogP contribution in [0.15, 0.2) is 59.5 Å². The van der Waals surface area contributed by atoms with Crippen LogP contribution in [0, 0.1) is 5.92 Å². The first kappa shape index (κ1) is 22.4. The molecule has 3 N–H and O–H groups in total. The van der Waals surface area contributed by atoms with Gasteiger partial charge in [-0.1, -0.05) is 44.2 Å². The van der Waals surface area contributed by atoms with Gasteiger partial charge in [-0.15, -0.1) is 0 Å². The van der Waals surface area contributed by atoms with Gasteiger partial charge in [-0.2, -0.15) is 4.31 Å². The Labute approximate surface area is 168 Å². The SMILES string of the molecule is COc1ccc(S(=O)(=O)N(CC(C)C)C[C@@H](O)C(N)Cc2ccccc2)cc1. The highest BCUT2D eigenvalue weighted by molar-refractivity contribution is 7.89. The van der Waals surface area contributed by atoms with Crippen molar-refractivity contribution in [2.45, 2.75) is 37.3 Å². The zero-order valence-electron chi connectivity index (χ0n) is 16.7. The van der Waals surface area contributed by atoms with Gasteiger partial charge in [-0.05, 0) is 42.2 Å². The van der Waals surface area contributed by atoms with E-state index < -0.39 is 22.2 Å². The average Bonchev–Trinajstić information content (AvgIpc) is 2.67. The summed E-state index contributed by atoms with van der Waals surface area (Å²) in [6, 6.07) is 15.3. The summed E-state index contributed by atoms with van der Waals surface area (Å²) < 4.78 is 32.6. The number of hydrogen-bond donors (Lipinski definition) is 2. The molecule has 0 bridgehead atoms. The lowest BCUT2D eigenvalue weighted by Gasteiger charge is -2.28. The summed E-state index contributed by atoms with van der Waals surface area (Å²) in [7, 11) is -2.23. The van der Waals surface area contributed by atoms with E-state index in [-0.39, 0.29) is 17.4 Å². The lowest BCUT2D eigenvalue weighted by Crippen LogP contribution is -2.47. The molecular weight excluding hydrogens is 376 g/mol. The van der Waals surface area contributed by atoms with Crippen LogP contribution >= 0.6 is 0 Å². The van der Waals surface area contributed by atoms with Crippen molar-refractivity contribution in [2.75, 3.05) is 20.2 Å². The van der Waals surface area contributed by atoms with Crippen molar-refractivity contribution in [1.82, 2.24) is 4.31 Å². The first-order chi connectivity index (χ1) is 13.2. The summed E-state index contributed by atoms with van der Waals surface area (Å²) in [5.41, 5.74) is 7.16. The number of hydrogen-bond acceptors (Lipinski definition) is 5. The molecule has 2 aromatic rings. The van der Waals surface area contributed by atoms with Gasteiger partial charge in [-0.25, -0.2) is 8.42 Å². The van der Waals surface area contributed by atoms with Crippen LogP contribution in [-0.2, 0) is 16.4 Å². The van der Waals surface area contributed by atoms with Crippen molar-refractivity contribution in [3.63, 3.8) is 0 Å². The largest absolute Gasteiger partial charge is 0.497 e. The molecule has 0 aliphatic heterocycles. The van der Waals surface area contributed by atoms with Crippen molar-refractivity contribution < 1.29 is 18.3 Å². The Bertz CT molecular complexity index is 823. The molecule has 2 rings (SSSR count). The maximum atomic E-state index is 13.1. The summed E-state index contributed by atoms with van der Waals surface area (Å²) in [5.74, 6) is 0.685. The number of nitrogens with zero attached hydrogens (tertiary/aromatic N) is 1. The topological polar surface area (TPSA) is 92.9 Å². The molecule has 0 saturated heterocycles. The molecular formula is C21H30N2O4S. The third-order valence-electron chi connectivity index (χ3n) is 4.47. The molecule has 0 heterocycles. The maximum Gasteiger partial charge on any atom is 0.243 e. The third-order valence-corrected chi connectivity index (χ3v) is 6.31. The molecule has 6 nitrogen and oxygen atoms in total. The summed E-state index contributed by atoms with van der Waals surface area (Å²) in [6.07, 6.45) is -0.507. The molecule has 7 heteroatoms. The van der Waals surface area contributed by atoms with Gasteiger partial charge in [0.1, 0.15) is 5.75 Å². The van der Waals surface area contributed by atoms with E-state index in [4.69, 9.17) is 10.5 Å².